The lowest BCUT2D eigenvalue weighted by atomic mass is 10.1. The summed E-state index contributed by atoms with van der Waals surface area (Å²) < 4.78 is 83.3. The number of alkyl halides is 3. The lowest BCUT2D eigenvalue weighted by Crippen LogP contribution is -2.24. The van der Waals surface area contributed by atoms with Crippen LogP contribution in [0.3, 0.4) is 0 Å². The van der Waals surface area contributed by atoms with Crippen molar-refractivity contribution in [1.82, 2.24) is 0 Å². The largest absolute Gasteiger partial charge is 0.418 e. The van der Waals surface area contributed by atoms with Crippen molar-refractivity contribution >= 4 is 25.5 Å². The second kappa shape index (κ2) is 4.90. The Balaban J connectivity index is 3.55. The van der Waals surface area contributed by atoms with Gasteiger partial charge in [0, 0.05) is 5.69 Å². The number of halogens is 3. The second-order valence-corrected chi connectivity index (χ2v) is 8.04. The van der Waals surface area contributed by atoms with Crippen LogP contribution >= 0.6 is 0 Å². The molecule has 4 N–H and O–H groups in total. The van der Waals surface area contributed by atoms with Crippen molar-refractivity contribution in [2.24, 2.45) is 5.14 Å². The molecule has 1 rings (SSSR count). The van der Waals surface area contributed by atoms with Gasteiger partial charge in [-0.1, -0.05) is 0 Å². The van der Waals surface area contributed by atoms with Crippen LogP contribution in [0.15, 0.2) is 17.0 Å². The maximum atomic E-state index is 12.7. The van der Waals surface area contributed by atoms with Crippen LogP contribution in [0.25, 0.3) is 0 Å². The molecule has 114 valence electrons. The molecule has 0 bridgehead atoms. The molecule has 0 fully saturated rings. The average molecular weight is 332 g/mol. The van der Waals surface area contributed by atoms with E-state index in [-0.39, 0.29) is 5.56 Å². The van der Waals surface area contributed by atoms with E-state index in [1.165, 1.54) is 6.92 Å². The minimum atomic E-state index is -4.86. The second-order valence-electron chi connectivity index (χ2n) is 4.10. The van der Waals surface area contributed by atoms with Gasteiger partial charge >= 0.3 is 6.18 Å². The van der Waals surface area contributed by atoms with Gasteiger partial charge in [-0.25, -0.2) is 22.0 Å². The highest BCUT2D eigenvalue weighted by Gasteiger charge is 2.35. The van der Waals surface area contributed by atoms with Crippen molar-refractivity contribution < 1.29 is 30.0 Å². The van der Waals surface area contributed by atoms with Gasteiger partial charge in [0.1, 0.15) is 0 Å². The molecule has 0 aliphatic heterocycles. The third kappa shape index (κ3) is 3.84. The first-order valence-corrected chi connectivity index (χ1v) is 8.31. The normalized spacial score (nSPS) is 13.4. The number of nitrogens with two attached hydrogens (primary N) is 2. The van der Waals surface area contributed by atoms with E-state index < -0.39 is 47.3 Å². The number of rotatable bonds is 3. The number of sulfone groups is 1. The van der Waals surface area contributed by atoms with Crippen LogP contribution in [0.2, 0.25) is 0 Å². The maximum absolute atomic E-state index is 12.7. The molecule has 0 aliphatic carbocycles. The molecule has 0 radical (unpaired) electrons. The molecule has 0 saturated heterocycles. The van der Waals surface area contributed by atoms with Crippen LogP contribution in [-0.4, -0.2) is 21.9 Å². The van der Waals surface area contributed by atoms with E-state index in [4.69, 9.17) is 5.73 Å². The number of primary sulfonamides is 1. The Kier molecular flexibility index (Phi) is 4.09. The lowest BCUT2D eigenvalue weighted by Gasteiger charge is -2.14. The topological polar surface area (TPSA) is 120 Å². The van der Waals surface area contributed by atoms with Gasteiger partial charge in [0.25, 0.3) is 0 Å². The summed E-state index contributed by atoms with van der Waals surface area (Å²) in [5.41, 5.74) is 3.09. The molecule has 0 amide bonds. The van der Waals surface area contributed by atoms with E-state index in [1.807, 2.05) is 0 Å². The van der Waals surface area contributed by atoms with Crippen LogP contribution in [0.4, 0.5) is 18.9 Å². The fraction of sp³-hybridized carbons (Fsp3) is 0.333. The fourth-order valence-corrected chi connectivity index (χ4v) is 4.66. The minimum absolute atomic E-state index is 0.0980. The first-order chi connectivity index (χ1) is 8.74. The molecule has 6 nitrogen and oxygen atoms in total. The summed E-state index contributed by atoms with van der Waals surface area (Å²) in [4.78, 5) is -0.770. The third-order valence-corrected chi connectivity index (χ3v) is 5.97. The quantitative estimate of drug-likeness (QED) is 0.786. The molecule has 0 spiro atoms. The first-order valence-electron chi connectivity index (χ1n) is 4.94. The Morgan fingerprint density at radius 1 is 1.15 bits per heavy atom. The standard InChI is InChI=1S/C9H11F3N2O4S2/c1-5-2-7(13)6(9(10,11)12)3-8(5)19(15,16)4-20(14,17)18/h2-3H,4,13H2,1H3,(H2,14,17,18). The number of hydrogen-bond acceptors (Lipinski definition) is 5. The van der Waals surface area contributed by atoms with Gasteiger partial charge in [0.05, 0.1) is 10.5 Å². The number of nitrogen functional groups attached to an aromatic ring is 1. The zero-order valence-corrected chi connectivity index (χ0v) is 11.7. The van der Waals surface area contributed by atoms with Crippen molar-refractivity contribution in [2.45, 2.75) is 18.0 Å². The zero-order valence-electron chi connectivity index (χ0n) is 10.1. The highest BCUT2D eigenvalue weighted by atomic mass is 32.3. The molecule has 0 atom stereocenters. The molecular weight excluding hydrogens is 321 g/mol. The third-order valence-electron chi connectivity index (χ3n) is 2.31. The predicted octanol–water partition coefficient (Wildman–Crippen LogP) is 0.616. The van der Waals surface area contributed by atoms with E-state index in [0.29, 0.717) is 6.07 Å². The number of anilines is 1. The molecule has 11 heteroatoms. The minimum Gasteiger partial charge on any atom is -0.398 e. The highest BCUT2D eigenvalue weighted by Crippen LogP contribution is 2.36. The first kappa shape index (κ1) is 16.7. The predicted molar refractivity (Wildman–Crippen MR) is 65.8 cm³/mol. The number of hydrogen-bond donors (Lipinski definition) is 2. The van der Waals surface area contributed by atoms with Gasteiger partial charge in [-0.15, -0.1) is 0 Å². The Morgan fingerprint density at radius 2 is 1.65 bits per heavy atom. The summed E-state index contributed by atoms with van der Waals surface area (Å²) in [6.45, 7) is 1.20. The van der Waals surface area contributed by atoms with E-state index >= 15 is 0 Å². The summed E-state index contributed by atoms with van der Waals surface area (Å²) >= 11 is 0. The summed E-state index contributed by atoms with van der Waals surface area (Å²) in [5, 5.41) is 3.12. The summed E-state index contributed by atoms with van der Waals surface area (Å²) in [6.07, 6.45) is -4.86. The summed E-state index contributed by atoms with van der Waals surface area (Å²) in [7, 11) is -8.92. The van der Waals surface area contributed by atoms with Crippen LogP contribution in [-0.2, 0) is 26.0 Å². The summed E-state index contributed by atoms with van der Waals surface area (Å²) in [6, 6.07) is 1.13. The van der Waals surface area contributed by atoms with Gasteiger partial charge in [-0.3, -0.25) is 0 Å². The van der Waals surface area contributed by atoms with Crippen LogP contribution in [0, 0.1) is 6.92 Å². The van der Waals surface area contributed by atoms with E-state index in [0.717, 1.165) is 6.07 Å². The molecule has 0 aromatic heterocycles. The molecule has 20 heavy (non-hydrogen) atoms. The highest BCUT2D eigenvalue weighted by molar-refractivity contribution is 8.07. The number of benzene rings is 1. The van der Waals surface area contributed by atoms with Gasteiger partial charge in [-0.2, -0.15) is 13.2 Å². The van der Waals surface area contributed by atoms with E-state index in [9.17, 15) is 30.0 Å². The Morgan fingerprint density at radius 3 is 2.05 bits per heavy atom. The molecule has 1 aromatic carbocycles. The van der Waals surface area contributed by atoms with E-state index in [1.54, 1.807) is 0 Å². The zero-order chi connectivity index (χ0) is 15.9. The molecule has 0 aliphatic rings. The van der Waals surface area contributed by atoms with Crippen molar-refractivity contribution in [2.75, 3.05) is 10.8 Å². The monoisotopic (exact) mass is 332 g/mol. The number of aryl methyl sites for hydroxylation is 1. The lowest BCUT2D eigenvalue weighted by molar-refractivity contribution is -0.137. The van der Waals surface area contributed by atoms with Crippen molar-refractivity contribution in [1.29, 1.82) is 0 Å². The van der Waals surface area contributed by atoms with Crippen LogP contribution < -0.4 is 10.9 Å². The van der Waals surface area contributed by atoms with Gasteiger partial charge in [0.15, 0.2) is 14.9 Å². The molecule has 0 unspecified atom stereocenters. The maximum Gasteiger partial charge on any atom is 0.418 e. The SMILES string of the molecule is Cc1cc(N)c(C(F)(F)F)cc1S(=O)(=O)CS(N)(=O)=O. The molecule has 1 aromatic rings. The Bertz CT molecular complexity index is 739. The molecular formula is C9H11F3N2O4S2. The summed E-state index contributed by atoms with van der Waals surface area (Å²) in [5.74, 6) is 0. The molecule has 0 heterocycles. The fourth-order valence-electron chi connectivity index (χ4n) is 1.57. The average Bonchev–Trinajstić information content (AvgIpc) is 2.09. The Labute approximate surface area is 113 Å². The van der Waals surface area contributed by atoms with Crippen molar-refractivity contribution in [3.8, 4) is 0 Å². The van der Waals surface area contributed by atoms with Gasteiger partial charge in [0.2, 0.25) is 10.0 Å². The van der Waals surface area contributed by atoms with Gasteiger partial charge in [-0.05, 0) is 24.6 Å². The van der Waals surface area contributed by atoms with Crippen molar-refractivity contribution in [3.63, 3.8) is 0 Å². The Hall–Kier alpha value is -1.33. The van der Waals surface area contributed by atoms with E-state index in [2.05, 4.69) is 5.14 Å². The smallest absolute Gasteiger partial charge is 0.398 e. The van der Waals surface area contributed by atoms with Crippen LogP contribution in [0.1, 0.15) is 11.1 Å². The van der Waals surface area contributed by atoms with Crippen LogP contribution in [0.5, 0.6) is 0 Å². The van der Waals surface area contributed by atoms with Crippen molar-refractivity contribution in [3.05, 3.63) is 23.3 Å². The number of sulfonamides is 1. The molecule has 0 saturated carbocycles. The van der Waals surface area contributed by atoms with Gasteiger partial charge < -0.3 is 5.73 Å².